The van der Waals surface area contributed by atoms with Crippen LogP contribution in [0, 0.1) is 6.92 Å². The van der Waals surface area contributed by atoms with Crippen molar-refractivity contribution < 1.29 is 13.9 Å². The molecule has 5 heteroatoms. The Morgan fingerprint density at radius 1 is 1.50 bits per heavy atom. The van der Waals surface area contributed by atoms with Gasteiger partial charge in [-0.25, -0.2) is 0 Å². The van der Waals surface area contributed by atoms with E-state index in [1.807, 2.05) is 19.1 Å². The summed E-state index contributed by atoms with van der Waals surface area (Å²) in [7, 11) is 1.65. The van der Waals surface area contributed by atoms with Gasteiger partial charge in [-0.1, -0.05) is 0 Å². The van der Waals surface area contributed by atoms with Crippen molar-refractivity contribution in [2.45, 2.75) is 13.0 Å². The number of aryl methyl sites for hydroxylation is 1. The lowest BCUT2D eigenvalue weighted by molar-refractivity contribution is -0.117. The molecule has 0 aliphatic rings. The lowest BCUT2D eigenvalue weighted by Gasteiger charge is -2.13. The van der Waals surface area contributed by atoms with Gasteiger partial charge in [0.25, 0.3) is 0 Å². The Morgan fingerprint density at radius 3 is 2.95 bits per heavy atom. The fraction of sp³-hybridized carbons (Fsp3) is 0.267. The first kappa shape index (κ1) is 14.6. The van der Waals surface area contributed by atoms with Gasteiger partial charge in [0.1, 0.15) is 6.10 Å². The van der Waals surface area contributed by atoms with Crippen LogP contribution in [-0.2, 0) is 9.53 Å². The van der Waals surface area contributed by atoms with Crippen molar-refractivity contribution in [1.29, 1.82) is 0 Å². The van der Waals surface area contributed by atoms with E-state index in [2.05, 4.69) is 5.32 Å². The Kier molecular flexibility index (Phi) is 5.15. The smallest absolute Gasteiger partial charge is 0.244 e. The maximum absolute atomic E-state index is 11.7. The molecule has 2 rings (SSSR count). The Morgan fingerprint density at radius 2 is 2.35 bits per heavy atom. The van der Waals surface area contributed by atoms with E-state index in [9.17, 15) is 4.79 Å². The predicted molar refractivity (Wildman–Crippen MR) is 79.6 cm³/mol. The number of furan rings is 1. The van der Waals surface area contributed by atoms with E-state index in [-0.39, 0.29) is 12.0 Å². The molecule has 0 unspecified atom stereocenters. The molecule has 0 radical (unpaired) electrons. The minimum atomic E-state index is -0.151. The molecule has 2 aromatic heterocycles. The summed E-state index contributed by atoms with van der Waals surface area (Å²) in [6.07, 6.45) is 6.22. The van der Waals surface area contributed by atoms with Crippen LogP contribution in [0.3, 0.4) is 0 Å². The quantitative estimate of drug-likeness (QED) is 0.832. The second-order valence-electron chi connectivity index (χ2n) is 4.31. The van der Waals surface area contributed by atoms with Gasteiger partial charge in [0.15, 0.2) is 0 Å². The average Bonchev–Trinajstić information content (AvgIpc) is 3.09. The Labute approximate surface area is 122 Å². The molecule has 20 heavy (non-hydrogen) atoms. The maximum Gasteiger partial charge on any atom is 0.244 e. The highest BCUT2D eigenvalue weighted by atomic mass is 32.1. The van der Waals surface area contributed by atoms with Gasteiger partial charge in [0, 0.05) is 35.0 Å². The molecule has 4 nitrogen and oxygen atoms in total. The van der Waals surface area contributed by atoms with E-state index in [4.69, 9.17) is 9.15 Å². The second-order valence-corrected chi connectivity index (χ2v) is 5.63. The van der Waals surface area contributed by atoms with Crippen molar-refractivity contribution in [3.63, 3.8) is 0 Å². The monoisotopic (exact) mass is 291 g/mol. The molecule has 0 aliphatic heterocycles. The number of methoxy groups -OCH3 is 1. The first-order valence-corrected chi connectivity index (χ1v) is 7.08. The van der Waals surface area contributed by atoms with Crippen LogP contribution in [0.15, 0.2) is 41.2 Å². The summed E-state index contributed by atoms with van der Waals surface area (Å²) in [6.45, 7) is 2.50. The molecule has 0 bridgehead atoms. The summed E-state index contributed by atoms with van der Waals surface area (Å²) < 4.78 is 10.3. The number of hydrogen-bond acceptors (Lipinski definition) is 4. The van der Waals surface area contributed by atoms with Gasteiger partial charge in [0.05, 0.1) is 12.5 Å². The largest absolute Gasteiger partial charge is 0.472 e. The van der Waals surface area contributed by atoms with Gasteiger partial charge in [-0.3, -0.25) is 4.79 Å². The molecular weight excluding hydrogens is 274 g/mol. The molecule has 2 heterocycles. The molecule has 0 saturated carbocycles. The Bertz CT molecular complexity index is 572. The van der Waals surface area contributed by atoms with Crippen LogP contribution in [0.25, 0.3) is 6.08 Å². The second kappa shape index (κ2) is 7.07. The highest BCUT2D eigenvalue weighted by Gasteiger charge is 2.13. The summed E-state index contributed by atoms with van der Waals surface area (Å²) in [5, 5.41) is 2.83. The lowest BCUT2D eigenvalue weighted by Crippen LogP contribution is -2.27. The van der Waals surface area contributed by atoms with Crippen molar-refractivity contribution in [3.8, 4) is 0 Å². The predicted octanol–water partition coefficient (Wildman–Crippen LogP) is 3.17. The number of hydrogen-bond donors (Lipinski definition) is 1. The third-order valence-corrected chi connectivity index (χ3v) is 3.89. The first-order chi connectivity index (χ1) is 9.69. The van der Waals surface area contributed by atoms with Crippen LogP contribution in [0.4, 0.5) is 0 Å². The number of carbonyl (C=O) groups is 1. The molecule has 1 atom stereocenters. The summed E-state index contributed by atoms with van der Waals surface area (Å²) in [6, 6.07) is 5.87. The number of rotatable bonds is 6. The van der Waals surface area contributed by atoms with Gasteiger partial charge in [-0.15, -0.1) is 11.3 Å². The van der Waals surface area contributed by atoms with Crippen LogP contribution in [0.5, 0.6) is 0 Å². The van der Waals surface area contributed by atoms with Gasteiger partial charge >= 0.3 is 0 Å². The van der Waals surface area contributed by atoms with Crippen LogP contribution in [-0.4, -0.2) is 19.6 Å². The SMILES string of the molecule is CO[C@H](CNC(=O)/C=C/c1ccoc1)c1ccc(C)s1. The van der Waals surface area contributed by atoms with E-state index >= 15 is 0 Å². The maximum atomic E-state index is 11.7. The molecule has 1 N–H and O–H groups in total. The normalized spacial score (nSPS) is 12.7. The van der Waals surface area contributed by atoms with Gasteiger partial charge in [-0.05, 0) is 31.2 Å². The summed E-state index contributed by atoms with van der Waals surface area (Å²) in [5.41, 5.74) is 0.859. The van der Waals surface area contributed by atoms with Crippen molar-refractivity contribution in [3.05, 3.63) is 52.1 Å². The molecule has 0 aromatic carbocycles. The fourth-order valence-electron chi connectivity index (χ4n) is 1.72. The van der Waals surface area contributed by atoms with Gasteiger partial charge in [0.2, 0.25) is 5.91 Å². The molecular formula is C15H17NO3S. The van der Waals surface area contributed by atoms with Gasteiger partial charge < -0.3 is 14.5 Å². The van der Waals surface area contributed by atoms with Crippen LogP contribution in [0.2, 0.25) is 0 Å². The average molecular weight is 291 g/mol. The van der Waals surface area contributed by atoms with E-state index in [1.54, 1.807) is 43.1 Å². The van der Waals surface area contributed by atoms with E-state index < -0.39 is 0 Å². The Balaban J connectivity index is 1.85. The molecule has 0 fully saturated rings. The summed E-state index contributed by atoms with van der Waals surface area (Å²) in [4.78, 5) is 14.1. The van der Waals surface area contributed by atoms with E-state index in [0.717, 1.165) is 10.4 Å². The number of amides is 1. The summed E-state index contributed by atoms with van der Waals surface area (Å²) >= 11 is 1.68. The molecule has 0 spiro atoms. The number of nitrogens with one attached hydrogen (secondary N) is 1. The molecule has 1 amide bonds. The Hall–Kier alpha value is -1.85. The number of thiophene rings is 1. The lowest BCUT2D eigenvalue weighted by atomic mass is 10.2. The molecule has 0 saturated heterocycles. The zero-order valence-corrected chi connectivity index (χ0v) is 12.3. The summed E-state index contributed by atoms with van der Waals surface area (Å²) in [5.74, 6) is -0.151. The van der Waals surface area contributed by atoms with Crippen LogP contribution < -0.4 is 5.32 Å². The first-order valence-electron chi connectivity index (χ1n) is 6.26. The van der Waals surface area contributed by atoms with E-state index in [0.29, 0.717) is 6.54 Å². The highest BCUT2D eigenvalue weighted by molar-refractivity contribution is 7.12. The number of carbonyl (C=O) groups excluding carboxylic acids is 1. The third kappa shape index (κ3) is 4.08. The fourth-order valence-corrected chi connectivity index (χ4v) is 2.68. The molecule has 2 aromatic rings. The molecule has 0 aliphatic carbocycles. The van der Waals surface area contributed by atoms with E-state index in [1.165, 1.54) is 11.0 Å². The molecule has 106 valence electrons. The highest BCUT2D eigenvalue weighted by Crippen LogP contribution is 2.24. The zero-order valence-electron chi connectivity index (χ0n) is 11.5. The van der Waals surface area contributed by atoms with Crippen LogP contribution in [0.1, 0.15) is 21.4 Å². The number of ether oxygens (including phenoxy) is 1. The zero-order chi connectivity index (χ0) is 14.4. The standard InChI is InChI=1S/C15H17NO3S/c1-11-3-5-14(20-11)13(18-2)9-16-15(17)6-4-12-7-8-19-10-12/h3-8,10,13H,9H2,1-2H3,(H,16,17)/b6-4+/t13-/m1/s1. The van der Waals surface area contributed by atoms with Crippen molar-refractivity contribution in [2.24, 2.45) is 0 Å². The minimum absolute atomic E-state index is 0.111. The van der Waals surface area contributed by atoms with Gasteiger partial charge in [-0.2, -0.15) is 0 Å². The topological polar surface area (TPSA) is 51.5 Å². The van der Waals surface area contributed by atoms with Crippen molar-refractivity contribution in [1.82, 2.24) is 5.32 Å². The van der Waals surface area contributed by atoms with Crippen molar-refractivity contribution >= 4 is 23.3 Å². The van der Waals surface area contributed by atoms with Crippen molar-refractivity contribution in [2.75, 3.05) is 13.7 Å². The van der Waals surface area contributed by atoms with Crippen LogP contribution >= 0.6 is 11.3 Å². The third-order valence-electron chi connectivity index (χ3n) is 2.80. The minimum Gasteiger partial charge on any atom is -0.472 e.